The fourth-order valence-corrected chi connectivity index (χ4v) is 2.80. The SMILES string of the molecule is CN(C)CCn1ncc(Cl)c1C(=O)CCC1CCCCO1. The zero-order valence-electron chi connectivity index (χ0n) is 12.8. The van der Waals surface area contributed by atoms with Gasteiger partial charge in [-0.05, 0) is 39.8 Å². The molecule has 1 unspecified atom stereocenters. The van der Waals surface area contributed by atoms with Crippen LogP contribution in [0.25, 0.3) is 0 Å². The van der Waals surface area contributed by atoms with E-state index < -0.39 is 0 Å². The van der Waals surface area contributed by atoms with Crippen molar-refractivity contribution >= 4 is 17.4 Å². The number of rotatable bonds is 7. The van der Waals surface area contributed by atoms with Crippen LogP contribution in [0.5, 0.6) is 0 Å². The number of ether oxygens (including phenoxy) is 1. The van der Waals surface area contributed by atoms with Crippen LogP contribution in [0, 0.1) is 0 Å². The lowest BCUT2D eigenvalue weighted by Gasteiger charge is -2.22. The van der Waals surface area contributed by atoms with Gasteiger partial charge in [-0.1, -0.05) is 11.6 Å². The van der Waals surface area contributed by atoms with Crippen molar-refractivity contribution in [3.8, 4) is 0 Å². The average molecular weight is 314 g/mol. The van der Waals surface area contributed by atoms with Gasteiger partial charge in [-0.2, -0.15) is 5.10 Å². The van der Waals surface area contributed by atoms with Crippen LogP contribution in [0.3, 0.4) is 0 Å². The number of halogens is 1. The Labute approximate surface area is 131 Å². The van der Waals surface area contributed by atoms with Gasteiger partial charge in [-0.15, -0.1) is 0 Å². The molecule has 0 bridgehead atoms. The summed E-state index contributed by atoms with van der Waals surface area (Å²) in [6.07, 6.45) is 6.40. The Morgan fingerprint density at radius 1 is 1.52 bits per heavy atom. The molecule has 1 atom stereocenters. The predicted octanol–water partition coefficient (Wildman–Crippen LogP) is 2.63. The first-order valence-corrected chi connectivity index (χ1v) is 7.96. The Morgan fingerprint density at radius 2 is 2.33 bits per heavy atom. The normalized spacial score (nSPS) is 19.1. The number of hydrogen-bond acceptors (Lipinski definition) is 4. The Morgan fingerprint density at radius 3 is 3.00 bits per heavy atom. The molecule has 0 spiro atoms. The molecule has 5 nitrogen and oxygen atoms in total. The maximum absolute atomic E-state index is 12.4. The lowest BCUT2D eigenvalue weighted by molar-refractivity contribution is 0.0104. The zero-order valence-corrected chi connectivity index (χ0v) is 13.6. The fraction of sp³-hybridized carbons (Fsp3) is 0.733. The van der Waals surface area contributed by atoms with Gasteiger partial charge in [-0.25, -0.2) is 0 Å². The van der Waals surface area contributed by atoms with Crippen LogP contribution in [0.4, 0.5) is 0 Å². The molecule has 0 N–H and O–H groups in total. The molecule has 1 aromatic heterocycles. The lowest BCUT2D eigenvalue weighted by atomic mass is 10.0. The zero-order chi connectivity index (χ0) is 15.2. The Balaban J connectivity index is 1.92. The molecule has 21 heavy (non-hydrogen) atoms. The number of aromatic nitrogens is 2. The smallest absolute Gasteiger partial charge is 0.182 e. The van der Waals surface area contributed by atoms with Crippen molar-refractivity contribution in [1.82, 2.24) is 14.7 Å². The number of likely N-dealkylation sites (N-methyl/N-ethyl adjacent to an activating group) is 1. The summed E-state index contributed by atoms with van der Waals surface area (Å²) in [5, 5.41) is 4.66. The highest BCUT2D eigenvalue weighted by Gasteiger charge is 2.20. The third-order valence-corrected chi connectivity index (χ3v) is 4.06. The van der Waals surface area contributed by atoms with Crippen molar-refractivity contribution < 1.29 is 9.53 Å². The van der Waals surface area contributed by atoms with E-state index >= 15 is 0 Å². The summed E-state index contributed by atoms with van der Waals surface area (Å²) in [6, 6.07) is 0. The molecule has 0 saturated carbocycles. The summed E-state index contributed by atoms with van der Waals surface area (Å²) >= 11 is 6.13. The van der Waals surface area contributed by atoms with E-state index in [1.54, 1.807) is 10.9 Å². The van der Waals surface area contributed by atoms with Crippen LogP contribution >= 0.6 is 11.6 Å². The fourth-order valence-electron chi connectivity index (χ4n) is 2.55. The van der Waals surface area contributed by atoms with E-state index in [1.165, 1.54) is 6.42 Å². The van der Waals surface area contributed by atoms with Crippen LogP contribution in [0.1, 0.15) is 42.6 Å². The summed E-state index contributed by atoms with van der Waals surface area (Å²) in [6.45, 7) is 2.31. The van der Waals surface area contributed by atoms with Crippen LogP contribution in [0.2, 0.25) is 5.02 Å². The van der Waals surface area contributed by atoms with Gasteiger partial charge in [0.1, 0.15) is 5.69 Å². The summed E-state index contributed by atoms with van der Waals surface area (Å²) in [5.41, 5.74) is 0.536. The summed E-state index contributed by atoms with van der Waals surface area (Å²) in [5.74, 6) is 0.0606. The highest BCUT2D eigenvalue weighted by molar-refractivity contribution is 6.33. The Kier molecular flexibility index (Phi) is 6.21. The molecule has 2 heterocycles. The molecule has 1 aliphatic rings. The van der Waals surface area contributed by atoms with E-state index in [0.29, 0.717) is 23.7 Å². The largest absolute Gasteiger partial charge is 0.378 e. The van der Waals surface area contributed by atoms with Gasteiger partial charge < -0.3 is 9.64 Å². The molecule has 118 valence electrons. The third kappa shape index (κ3) is 4.80. The van der Waals surface area contributed by atoms with Gasteiger partial charge in [0.15, 0.2) is 5.78 Å². The maximum atomic E-state index is 12.4. The van der Waals surface area contributed by atoms with Gasteiger partial charge in [0.25, 0.3) is 0 Å². The van der Waals surface area contributed by atoms with Gasteiger partial charge in [-0.3, -0.25) is 9.48 Å². The molecule has 1 aliphatic heterocycles. The Bertz CT molecular complexity index is 467. The third-order valence-electron chi connectivity index (χ3n) is 3.79. The summed E-state index contributed by atoms with van der Waals surface area (Å²) < 4.78 is 7.39. The Hall–Kier alpha value is -0.910. The van der Waals surface area contributed by atoms with Crippen molar-refractivity contribution in [2.24, 2.45) is 0 Å². The number of ketones is 1. The monoisotopic (exact) mass is 313 g/mol. The van der Waals surface area contributed by atoms with Gasteiger partial charge in [0.05, 0.1) is 23.9 Å². The second kappa shape index (κ2) is 7.92. The van der Waals surface area contributed by atoms with E-state index in [9.17, 15) is 4.79 Å². The van der Waals surface area contributed by atoms with Gasteiger partial charge in [0, 0.05) is 19.6 Å². The van der Waals surface area contributed by atoms with E-state index in [4.69, 9.17) is 16.3 Å². The predicted molar refractivity (Wildman–Crippen MR) is 82.9 cm³/mol. The topological polar surface area (TPSA) is 47.4 Å². The molecule has 0 aliphatic carbocycles. The maximum Gasteiger partial charge on any atom is 0.182 e. The second-order valence-corrected chi connectivity index (χ2v) is 6.23. The number of carbonyl (C=O) groups is 1. The second-order valence-electron chi connectivity index (χ2n) is 5.82. The van der Waals surface area contributed by atoms with Gasteiger partial charge >= 0.3 is 0 Å². The number of hydrogen-bond donors (Lipinski definition) is 0. The molecule has 6 heteroatoms. The summed E-state index contributed by atoms with van der Waals surface area (Å²) in [7, 11) is 3.99. The van der Waals surface area contributed by atoms with Crippen molar-refractivity contribution in [3.05, 3.63) is 16.9 Å². The van der Waals surface area contributed by atoms with Crippen molar-refractivity contribution in [2.45, 2.75) is 44.8 Å². The quantitative estimate of drug-likeness (QED) is 0.726. The molecular weight excluding hydrogens is 290 g/mol. The van der Waals surface area contributed by atoms with Crippen LogP contribution in [-0.2, 0) is 11.3 Å². The van der Waals surface area contributed by atoms with E-state index in [2.05, 4.69) is 10.00 Å². The first-order valence-electron chi connectivity index (χ1n) is 7.58. The van der Waals surface area contributed by atoms with Crippen LogP contribution in [-0.4, -0.2) is 53.8 Å². The standard InChI is InChI=1S/C15H24ClN3O2/c1-18(2)8-9-19-15(13(16)11-17-19)14(20)7-6-12-5-3-4-10-21-12/h11-12H,3-10H2,1-2H3. The van der Waals surface area contributed by atoms with Crippen molar-refractivity contribution in [1.29, 1.82) is 0 Å². The first kappa shape index (κ1) is 16.5. The highest BCUT2D eigenvalue weighted by Crippen LogP contribution is 2.21. The molecule has 0 amide bonds. The molecule has 1 aromatic rings. The van der Waals surface area contributed by atoms with E-state index in [0.717, 1.165) is 32.4 Å². The molecule has 1 saturated heterocycles. The van der Waals surface area contributed by atoms with E-state index in [-0.39, 0.29) is 11.9 Å². The summed E-state index contributed by atoms with van der Waals surface area (Å²) in [4.78, 5) is 14.5. The van der Waals surface area contributed by atoms with E-state index in [1.807, 2.05) is 14.1 Å². The minimum absolute atomic E-state index is 0.0606. The number of carbonyl (C=O) groups excluding carboxylic acids is 1. The average Bonchev–Trinajstić information content (AvgIpc) is 2.85. The van der Waals surface area contributed by atoms with Crippen LogP contribution in [0.15, 0.2) is 6.20 Å². The van der Waals surface area contributed by atoms with Gasteiger partial charge in [0.2, 0.25) is 0 Å². The molecule has 2 rings (SSSR count). The van der Waals surface area contributed by atoms with Crippen LogP contribution < -0.4 is 0 Å². The first-order chi connectivity index (χ1) is 10.1. The molecular formula is C15H24ClN3O2. The minimum Gasteiger partial charge on any atom is -0.378 e. The number of nitrogens with zero attached hydrogens (tertiary/aromatic N) is 3. The van der Waals surface area contributed by atoms with Crippen molar-refractivity contribution in [2.75, 3.05) is 27.2 Å². The lowest BCUT2D eigenvalue weighted by Crippen LogP contribution is -2.23. The van der Waals surface area contributed by atoms with Crippen molar-refractivity contribution in [3.63, 3.8) is 0 Å². The molecule has 1 fully saturated rings. The minimum atomic E-state index is 0.0606. The molecule has 0 aromatic carbocycles. The number of Topliss-reactive ketones (excluding diaryl/α,β-unsaturated/α-hetero) is 1. The molecule has 0 radical (unpaired) electrons. The highest BCUT2D eigenvalue weighted by atomic mass is 35.5.